The first kappa shape index (κ1) is 21.8. The lowest BCUT2D eigenvalue weighted by atomic mass is 9.91. The lowest BCUT2D eigenvalue weighted by Crippen LogP contribution is -2.34. The van der Waals surface area contributed by atoms with E-state index in [2.05, 4.69) is 24.5 Å². The molecule has 1 aliphatic heterocycles. The van der Waals surface area contributed by atoms with Gasteiger partial charge in [-0.1, -0.05) is 19.9 Å². The van der Waals surface area contributed by atoms with Crippen LogP contribution in [0.15, 0.2) is 18.2 Å². The number of nitrogens with one attached hydrogen (secondary N) is 2. The Balaban J connectivity index is 0.00000261. The first-order valence-electron chi connectivity index (χ1n) is 9.77. The largest absolute Gasteiger partial charge is 0.493 e. The van der Waals surface area contributed by atoms with E-state index in [9.17, 15) is 4.79 Å². The van der Waals surface area contributed by atoms with Crippen LogP contribution in [0.1, 0.15) is 51.6 Å². The number of benzene rings is 1. The minimum absolute atomic E-state index is 0. The zero-order chi connectivity index (χ0) is 18.7. The molecule has 1 aromatic rings. The number of amides is 1. The number of methoxy groups -OCH3 is 1. The molecule has 152 valence electrons. The Kier molecular flexibility index (Phi) is 7.40. The summed E-state index contributed by atoms with van der Waals surface area (Å²) in [6.45, 7) is 8.99. The van der Waals surface area contributed by atoms with Crippen molar-refractivity contribution in [1.82, 2.24) is 10.6 Å². The molecule has 0 bridgehead atoms. The van der Waals surface area contributed by atoms with E-state index in [0.29, 0.717) is 18.3 Å². The van der Waals surface area contributed by atoms with Crippen molar-refractivity contribution in [2.75, 3.05) is 26.8 Å². The molecule has 2 unspecified atom stereocenters. The lowest BCUT2D eigenvalue weighted by molar-refractivity contribution is -0.123. The van der Waals surface area contributed by atoms with Crippen molar-refractivity contribution in [3.05, 3.63) is 23.8 Å². The van der Waals surface area contributed by atoms with Crippen LogP contribution in [0.2, 0.25) is 0 Å². The van der Waals surface area contributed by atoms with E-state index < -0.39 is 0 Å². The van der Waals surface area contributed by atoms with Crippen LogP contribution in [0, 0.1) is 17.3 Å². The van der Waals surface area contributed by atoms with Gasteiger partial charge >= 0.3 is 0 Å². The number of piperidine rings is 1. The second-order valence-corrected chi connectivity index (χ2v) is 8.21. The first-order valence-corrected chi connectivity index (χ1v) is 9.77. The SMILES string of the molecule is COc1cc(C(C)NC(=O)C2CC23CCNCC3)ccc1OCC(C)C.Cl. The van der Waals surface area contributed by atoms with Crippen molar-refractivity contribution < 1.29 is 14.3 Å². The highest BCUT2D eigenvalue weighted by atomic mass is 35.5. The molecular weight excluding hydrogens is 364 g/mol. The average Bonchev–Trinajstić information content (AvgIpc) is 3.33. The average molecular weight is 397 g/mol. The molecule has 5 nitrogen and oxygen atoms in total. The predicted octanol–water partition coefficient (Wildman–Crippen LogP) is 3.72. The Bertz CT molecular complexity index is 644. The van der Waals surface area contributed by atoms with Crippen LogP contribution < -0.4 is 20.1 Å². The molecule has 1 spiro atoms. The van der Waals surface area contributed by atoms with E-state index in [1.54, 1.807) is 7.11 Å². The van der Waals surface area contributed by atoms with Gasteiger partial charge in [0.1, 0.15) is 0 Å². The Morgan fingerprint density at radius 3 is 2.59 bits per heavy atom. The zero-order valence-corrected chi connectivity index (χ0v) is 17.7. The smallest absolute Gasteiger partial charge is 0.224 e. The summed E-state index contributed by atoms with van der Waals surface area (Å²) in [6, 6.07) is 5.87. The van der Waals surface area contributed by atoms with Crippen LogP contribution in [0.3, 0.4) is 0 Å². The first-order chi connectivity index (χ1) is 12.4. The number of halogens is 1. The normalized spacial score (nSPS) is 21.3. The molecule has 1 aliphatic carbocycles. The molecule has 2 aliphatic rings. The van der Waals surface area contributed by atoms with Gasteiger partial charge in [-0.05, 0) is 68.3 Å². The molecule has 6 heteroatoms. The highest BCUT2D eigenvalue weighted by Gasteiger charge is 2.57. The van der Waals surface area contributed by atoms with Gasteiger partial charge in [0.05, 0.1) is 19.8 Å². The van der Waals surface area contributed by atoms with Crippen molar-refractivity contribution in [3.63, 3.8) is 0 Å². The summed E-state index contributed by atoms with van der Waals surface area (Å²) in [5.41, 5.74) is 1.30. The molecule has 2 N–H and O–H groups in total. The van der Waals surface area contributed by atoms with E-state index in [0.717, 1.165) is 43.7 Å². The van der Waals surface area contributed by atoms with Gasteiger partial charge in [-0.3, -0.25) is 4.79 Å². The molecule has 1 heterocycles. The monoisotopic (exact) mass is 396 g/mol. The van der Waals surface area contributed by atoms with Gasteiger partial charge in [0, 0.05) is 5.92 Å². The summed E-state index contributed by atoms with van der Waals surface area (Å²) in [5, 5.41) is 6.58. The van der Waals surface area contributed by atoms with Gasteiger partial charge in [-0.2, -0.15) is 0 Å². The van der Waals surface area contributed by atoms with Gasteiger partial charge in [-0.15, -0.1) is 12.4 Å². The predicted molar refractivity (Wildman–Crippen MR) is 110 cm³/mol. The minimum atomic E-state index is -0.0464. The summed E-state index contributed by atoms with van der Waals surface area (Å²) < 4.78 is 11.3. The standard InChI is InChI=1S/C21H32N2O3.ClH/c1-14(2)13-26-18-6-5-16(11-19(18)25-4)15(3)23-20(24)17-12-21(17)7-9-22-10-8-21;/h5-6,11,14-15,17,22H,7-10,12-13H2,1-4H3,(H,23,24);1H. The topological polar surface area (TPSA) is 59.6 Å². The maximum absolute atomic E-state index is 12.7. The summed E-state index contributed by atoms with van der Waals surface area (Å²) in [5.74, 6) is 2.30. The third kappa shape index (κ3) is 5.08. The van der Waals surface area contributed by atoms with E-state index in [4.69, 9.17) is 9.47 Å². The Hall–Kier alpha value is -1.46. The quantitative estimate of drug-likeness (QED) is 0.737. The van der Waals surface area contributed by atoms with Crippen molar-refractivity contribution in [3.8, 4) is 11.5 Å². The molecule has 2 fully saturated rings. The van der Waals surface area contributed by atoms with E-state index in [-0.39, 0.29) is 35.7 Å². The Labute approximate surface area is 169 Å². The molecule has 27 heavy (non-hydrogen) atoms. The van der Waals surface area contributed by atoms with E-state index >= 15 is 0 Å². The molecule has 1 saturated heterocycles. The van der Waals surface area contributed by atoms with Crippen molar-refractivity contribution in [2.24, 2.45) is 17.3 Å². The molecule has 0 radical (unpaired) electrons. The summed E-state index contributed by atoms with van der Waals surface area (Å²) in [7, 11) is 1.65. The molecule has 2 atom stereocenters. The van der Waals surface area contributed by atoms with Gasteiger partial charge in [0.25, 0.3) is 0 Å². The third-order valence-electron chi connectivity index (χ3n) is 5.72. The highest BCUT2D eigenvalue weighted by molar-refractivity contribution is 5.85. The second kappa shape index (κ2) is 9.16. The maximum Gasteiger partial charge on any atom is 0.224 e. The van der Waals surface area contributed by atoms with Gasteiger partial charge in [-0.25, -0.2) is 0 Å². The lowest BCUT2D eigenvalue weighted by Gasteiger charge is -2.24. The zero-order valence-electron chi connectivity index (χ0n) is 16.8. The van der Waals surface area contributed by atoms with Crippen LogP contribution in [-0.4, -0.2) is 32.7 Å². The maximum atomic E-state index is 12.7. The van der Waals surface area contributed by atoms with Crippen LogP contribution >= 0.6 is 12.4 Å². The number of carbonyl (C=O) groups excluding carboxylic acids is 1. The fourth-order valence-electron chi connectivity index (χ4n) is 3.92. The van der Waals surface area contributed by atoms with Gasteiger partial charge < -0.3 is 20.1 Å². The Morgan fingerprint density at radius 2 is 1.96 bits per heavy atom. The number of carbonyl (C=O) groups is 1. The van der Waals surface area contributed by atoms with Crippen LogP contribution in [0.4, 0.5) is 0 Å². The number of hydrogen-bond donors (Lipinski definition) is 2. The second-order valence-electron chi connectivity index (χ2n) is 8.21. The number of ether oxygens (including phenoxy) is 2. The van der Waals surface area contributed by atoms with Crippen molar-refractivity contribution in [2.45, 2.75) is 46.1 Å². The molecule has 1 amide bonds. The fraction of sp³-hybridized carbons (Fsp3) is 0.667. The Morgan fingerprint density at radius 1 is 1.26 bits per heavy atom. The van der Waals surface area contributed by atoms with Crippen LogP contribution in [-0.2, 0) is 4.79 Å². The third-order valence-corrected chi connectivity index (χ3v) is 5.72. The molecule has 3 rings (SSSR count). The van der Waals surface area contributed by atoms with Gasteiger partial charge in [0.2, 0.25) is 5.91 Å². The number of hydrogen-bond acceptors (Lipinski definition) is 4. The molecule has 0 aromatic heterocycles. The van der Waals surface area contributed by atoms with Crippen molar-refractivity contribution >= 4 is 18.3 Å². The minimum Gasteiger partial charge on any atom is -0.493 e. The van der Waals surface area contributed by atoms with E-state index in [1.165, 1.54) is 0 Å². The van der Waals surface area contributed by atoms with Crippen LogP contribution in [0.25, 0.3) is 0 Å². The molecule has 1 saturated carbocycles. The fourth-order valence-corrected chi connectivity index (χ4v) is 3.92. The summed E-state index contributed by atoms with van der Waals surface area (Å²) in [6.07, 6.45) is 3.28. The van der Waals surface area contributed by atoms with E-state index in [1.807, 2.05) is 25.1 Å². The molecule has 1 aromatic carbocycles. The van der Waals surface area contributed by atoms with Gasteiger partial charge in [0.15, 0.2) is 11.5 Å². The molecular formula is C21H33ClN2O3. The van der Waals surface area contributed by atoms with Crippen LogP contribution in [0.5, 0.6) is 11.5 Å². The van der Waals surface area contributed by atoms with Crippen molar-refractivity contribution in [1.29, 1.82) is 0 Å². The summed E-state index contributed by atoms with van der Waals surface area (Å²) >= 11 is 0. The summed E-state index contributed by atoms with van der Waals surface area (Å²) in [4.78, 5) is 12.7. The number of rotatable bonds is 7. The highest BCUT2D eigenvalue weighted by Crippen LogP contribution is 2.58.